The van der Waals surface area contributed by atoms with Crippen LogP contribution in [0.25, 0.3) is 21.5 Å². The average Bonchev–Trinajstić information content (AvgIpc) is 3.47. The first-order chi connectivity index (χ1) is 14.2. The second kappa shape index (κ2) is 7.44. The lowest BCUT2D eigenvalue weighted by Gasteiger charge is -2.05. The van der Waals surface area contributed by atoms with E-state index in [4.69, 9.17) is 0 Å². The third-order valence-electron chi connectivity index (χ3n) is 4.78. The van der Waals surface area contributed by atoms with Crippen LogP contribution in [0.2, 0.25) is 0 Å². The Hall–Kier alpha value is -3.59. The highest BCUT2D eigenvalue weighted by Crippen LogP contribution is 2.23. The minimum absolute atomic E-state index is 0.0219. The van der Waals surface area contributed by atoms with Gasteiger partial charge in [-0.3, -0.25) is 14.9 Å². The number of fused-ring (bicyclic) bond motifs is 1. The summed E-state index contributed by atoms with van der Waals surface area (Å²) in [7, 11) is 0. The molecule has 5 rings (SSSR count). The maximum Gasteiger partial charge on any atom is 0.305 e. The number of nitrogens with zero attached hydrogens (tertiary/aromatic N) is 5. The predicted octanol–water partition coefficient (Wildman–Crippen LogP) is 2.80. The highest BCUT2D eigenvalue weighted by Gasteiger charge is 2.10. The third-order valence-corrected chi connectivity index (χ3v) is 5.63. The molecule has 29 heavy (non-hydrogen) atoms. The molecule has 4 heterocycles. The van der Waals surface area contributed by atoms with Gasteiger partial charge in [-0.05, 0) is 42.2 Å². The average molecular weight is 403 g/mol. The zero-order valence-electron chi connectivity index (χ0n) is 15.4. The molecule has 0 saturated carbocycles. The van der Waals surface area contributed by atoms with Crippen molar-refractivity contribution >= 4 is 21.6 Å². The van der Waals surface area contributed by atoms with Crippen LogP contribution in [0.4, 0.5) is 0 Å². The third kappa shape index (κ3) is 3.72. The molecule has 0 bridgehead atoms. The summed E-state index contributed by atoms with van der Waals surface area (Å²) in [5.41, 5.74) is 6.07. The fraction of sp³-hybridized carbons (Fsp3) is 0.150. The first kappa shape index (κ1) is 17.5. The van der Waals surface area contributed by atoms with Crippen LogP contribution in [0, 0.1) is 0 Å². The second-order valence-electron chi connectivity index (χ2n) is 6.76. The largest absolute Gasteiger partial charge is 0.312 e. The topological polar surface area (TPSA) is 105 Å². The number of pyridine rings is 1. The molecule has 2 N–H and O–H groups in total. The molecule has 0 radical (unpaired) electrons. The Balaban J connectivity index is 1.31. The lowest BCUT2D eigenvalue weighted by molar-refractivity contribution is 0.648. The molecule has 9 heteroatoms. The number of aromatic nitrogens is 7. The van der Waals surface area contributed by atoms with Gasteiger partial charge in [0.25, 0.3) is 0 Å². The fourth-order valence-electron chi connectivity index (χ4n) is 3.32. The molecule has 4 aromatic heterocycles. The summed E-state index contributed by atoms with van der Waals surface area (Å²) in [6.45, 7) is 0.638. The number of rotatable bonds is 6. The number of hydrogen-bond acceptors (Lipinski definition) is 6. The van der Waals surface area contributed by atoms with Crippen molar-refractivity contribution in [1.82, 2.24) is 35.2 Å². The Morgan fingerprint density at radius 2 is 2.00 bits per heavy atom. The van der Waals surface area contributed by atoms with E-state index >= 15 is 0 Å². The number of nitrogens with one attached hydrogen (secondary N) is 2. The van der Waals surface area contributed by atoms with Crippen LogP contribution in [-0.4, -0.2) is 35.2 Å². The van der Waals surface area contributed by atoms with Gasteiger partial charge in [-0.15, -0.1) is 5.10 Å². The Morgan fingerprint density at radius 1 is 1.07 bits per heavy atom. The molecule has 0 unspecified atom stereocenters. The normalized spacial score (nSPS) is 11.3. The monoisotopic (exact) mass is 403 g/mol. The molecule has 0 fully saturated rings. The maximum absolute atomic E-state index is 11.5. The standard InChI is InChI=1S/C20H17N7OS/c28-20-24-18-6-2-13(9-19(18)29-20)1-5-17-15(11-23-25-17)16-4-3-14(10-21-16)12-27-8-7-22-26-27/h2-4,6-11H,1,5,12H2,(H,23,25)(H,24,28). The lowest BCUT2D eigenvalue weighted by atomic mass is 10.0. The van der Waals surface area contributed by atoms with Crippen molar-refractivity contribution in [2.75, 3.05) is 0 Å². The Kier molecular flexibility index (Phi) is 4.49. The highest BCUT2D eigenvalue weighted by molar-refractivity contribution is 7.16. The zero-order chi connectivity index (χ0) is 19.6. The van der Waals surface area contributed by atoms with E-state index < -0.39 is 0 Å². The molecule has 0 atom stereocenters. The Labute approximate surface area is 169 Å². The van der Waals surface area contributed by atoms with E-state index in [2.05, 4.69) is 42.6 Å². The van der Waals surface area contributed by atoms with E-state index in [0.717, 1.165) is 45.6 Å². The van der Waals surface area contributed by atoms with Crippen molar-refractivity contribution in [1.29, 1.82) is 0 Å². The molecule has 0 aliphatic heterocycles. The van der Waals surface area contributed by atoms with Gasteiger partial charge in [0.2, 0.25) is 0 Å². The molecule has 0 saturated heterocycles. The summed E-state index contributed by atoms with van der Waals surface area (Å²) in [6, 6.07) is 10.1. The minimum atomic E-state index is -0.0219. The van der Waals surface area contributed by atoms with Crippen LogP contribution < -0.4 is 4.87 Å². The summed E-state index contributed by atoms with van der Waals surface area (Å²) in [5, 5.41) is 15.1. The van der Waals surface area contributed by atoms with Gasteiger partial charge in [0.1, 0.15) is 0 Å². The quantitative estimate of drug-likeness (QED) is 0.454. The van der Waals surface area contributed by atoms with E-state index in [1.54, 1.807) is 10.9 Å². The summed E-state index contributed by atoms with van der Waals surface area (Å²) >= 11 is 1.24. The van der Waals surface area contributed by atoms with Crippen molar-refractivity contribution in [3.8, 4) is 11.3 Å². The van der Waals surface area contributed by atoms with Gasteiger partial charge in [0.15, 0.2) is 0 Å². The molecule has 1 aromatic carbocycles. The van der Waals surface area contributed by atoms with E-state index in [1.165, 1.54) is 16.9 Å². The van der Waals surface area contributed by atoms with Crippen molar-refractivity contribution in [3.63, 3.8) is 0 Å². The summed E-state index contributed by atoms with van der Waals surface area (Å²) in [4.78, 5) is 18.9. The van der Waals surface area contributed by atoms with Crippen molar-refractivity contribution < 1.29 is 0 Å². The lowest BCUT2D eigenvalue weighted by Crippen LogP contribution is -2.01. The SMILES string of the molecule is O=c1[nH]c2ccc(CCc3[nH]ncc3-c3ccc(Cn4ccnn4)cn3)cc2s1. The molecule has 0 spiro atoms. The van der Waals surface area contributed by atoms with Crippen molar-refractivity contribution in [2.24, 2.45) is 0 Å². The first-order valence-electron chi connectivity index (χ1n) is 9.18. The van der Waals surface area contributed by atoms with E-state index in [0.29, 0.717) is 6.54 Å². The van der Waals surface area contributed by atoms with Crippen LogP contribution >= 0.6 is 11.3 Å². The van der Waals surface area contributed by atoms with Crippen LogP contribution in [-0.2, 0) is 19.4 Å². The molecule has 0 amide bonds. The van der Waals surface area contributed by atoms with Crippen LogP contribution in [0.5, 0.6) is 0 Å². The number of benzene rings is 1. The van der Waals surface area contributed by atoms with Gasteiger partial charge in [-0.25, -0.2) is 4.68 Å². The molecule has 0 aliphatic rings. The van der Waals surface area contributed by atoms with Gasteiger partial charge in [-0.1, -0.05) is 28.7 Å². The molecule has 0 aliphatic carbocycles. The maximum atomic E-state index is 11.5. The zero-order valence-corrected chi connectivity index (χ0v) is 16.2. The number of aromatic amines is 2. The predicted molar refractivity (Wildman–Crippen MR) is 111 cm³/mol. The molecule has 5 aromatic rings. The molecular weight excluding hydrogens is 386 g/mol. The van der Waals surface area contributed by atoms with Gasteiger partial charge in [0.05, 0.1) is 34.8 Å². The number of thiazole rings is 1. The highest BCUT2D eigenvalue weighted by atomic mass is 32.1. The summed E-state index contributed by atoms with van der Waals surface area (Å²) in [6.07, 6.45) is 8.81. The van der Waals surface area contributed by atoms with Crippen LogP contribution in [0.15, 0.2) is 59.9 Å². The first-order valence-corrected chi connectivity index (χ1v) is 10.00. The molecule has 8 nitrogen and oxygen atoms in total. The van der Waals surface area contributed by atoms with E-state index in [1.807, 2.05) is 36.8 Å². The summed E-state index contributed by atoms with van der Waals surface area (Å²) in [5.74, 6) is 0. The van der Waals surface area contributed by atoms with Gasteiger partial charge >= 0.3 is 4.87 Å². The summed E-state index contributed by atoms with van der Waals surface area (Å²) < 4.78 is 2.75. The van der Waals surface area contributed by atoms with E-state index in [9.17, 15) is 4.79 Å². The second-order valence-corrected chi connectivity index (χ2v) is 7.77. The number of H-pyrrole nitrogens is 2. The fourth-order valence-corrected chi connectivity index (χ4v) is 4.12. The molecule has 144 valence electrons. The van der Waals surface area contributed by atoms with Gasteiger partial charge in [0, 0.05) is 23.7 Å². The van der Waals surface area contributed by atoms with Gasteiger partial charge < -0.3 is 4.98 Å². The number of aryl methyl sites for hydroxylation is 2. The Bertz CT molecular complexity index is 1300. The van der Waals surface area contributed by atoms with E-state index in [-0.39, 0.29) is 4.87 Å². The molecular formula is C20H17N7OS. The van der Waals surface area contributed by atoms with Gasteiger partial charge in [-0.2, -0.15) is 5.10 Å². The van der Waals surface area contributed by atoms with Crippen LogP contribution in [0.3, 0.4) is 0 Å². The smallest absolute Gasteiger partial charge is 0.305 e. The van der Waals surface area contributed by atoms with Crippen molar-refractivity contribution in [3.05, 3.63) is 81.6 Å². The Morgan fingerprint density at radius 3 is 2.83 bits per heavy atom. The van der Waals surface area contributed by atoms with Crippen LogP contribution in [0.1, 0.15) is 16.8 Å². The minimum Gasteiger partial charge on any atom is -0.312 e. The van der Waals surface area contributed by atoms with Crippen molar-refractivity contribution in [2.45, 2.75) is 19.4 Å². The number of hydrogen-bond donors (Lipinski definition) is 2.